The minimum absolute atomic E-state index is 0.183. The maximum atomic E-state index is 11.5. The molecule has 0 saturated heterocycles. The van der Waals surface area contributed by atoms with Crippen LogP contribution >= 0.6 is 0 Å². The highest BCUT2D eigenvalue weighted by molar-refractivity contribution is 5.77. The van der Waals surface area contributed by atoms with Gasteiger partial charge in [0.15, 0.2) is 0 Å². The van der Waals surface area contributed by atoms with Crippen molar-refractivity contribution in [1.29, 1.82) is 0 Å². The van der Waals surface area contributed by atoms with E-state index in [0.717, 1.165) is 25.9 Å². The first-order chi connectivity index (χ1) is 9.56. The second-order valence-corrected chi connectivity index (χ2v) is 4.90. The number of hydrogen-bond donors (Lipinski definition) is 1. The molecule has 0 aliphatic heterocycles. The number of rotatable bonds is 8. The van der Waals surface area contributed by atoms with E-state index >= 15 is 0 Å². The Morgan fingerprint density at radius 1 is 1.35 bits per heavy atom. The number of anilines is 2. The van der Waals surface area contributed by atoms with Gasteiger partial charge in [-0.15, -0.1) is 0 Å². The summed E-state index contributed by atoms with van der Waals surface area (Å²) in [4.78, 5) is 13.3. The van der Waals surface area contributed by atoms with Crippen molar-refractivity contribution in [3.8, 4) is 0 Å². The molecule has 0 aliphatic rings. The van der Waals surface area contributed by atoms with Crippen LogP contribution in [0.2, 0.25) is 0 Å². The Balaban J connectivity index is 3.26. The van der Waals surface area contributed by atoms with Gasteiger partial charge in [-0.25, -0.2) is 0 Å². The molecule has 20 heavy (non-hydrogen) atoms. The quantitative estimate of drug-likeness (QED) is 0.576. The van der Waals surface area contributed by atoms with E-state index in [1.807, 2.05) is 26.0 Å². The van der Waals surface area contributed by atoms with E-state index in [2.05, 4.69) is 24.1 Å². The van der Waals surface area contributed by atoms with Crippen LogP contribution in [0.15, 0.2) is 18.2 Å². The van der Waals surface area contributed by atoms with E-state index in [1.54, 1.807) is 6.07 Å². The van der Waals surface area contributed by atoms with E-state index in [-0.39, 0.29) is 16.7 Å². The molecule has 0 aliphatic carbocycles. The van der Waals surface area contributed by atoms with Gasteiger partial charge in [-0.3, -0.25) is 10.1 Å². The molecule has 0 bridgehead atoms. The lowest BCUT2D eigenvalue weighted by Gasteiger charge is -2.29. The summed E-state index contributed by atoms with van der Waals surface area (Å²) in [5.41, 5.74) is 1.49. The highest BCUT2D eigenvalue weighted by atomic mass is 16.6. The third-order valence-corrected chi connectivity index (χ3v) is 3.54. The fourth-order valence-electron chi connectivity index (χ4n) is 2.30. The van der Waals surface area contributed by atoms with Crippen LogP contribution in [0.1, 0.15) is 40.5 Å². The highest BCUT2D eigenvalue weighted by Crippen LogP contribution is 2.36. The fourth-order valence-corrected chi connectivity index (χ4v) is 2.30. The first kappa shape index (κ1) is 16.3. The standard InChI is InChI=1S/C15H25N3O2/c1-5-11-16-13-9-8-10-14(15(13)18(19)20)17(7-3)12(4)6-2/h8-10,12,16H,5-7,11H2,1-4H3. The molecule has 0 heterocycles. The van der Waals surface area contributed by atoms with Crippen LogP contribution in [-0.4, -0.2) is 24.1 Å². The Bertz CT molecular complexity index is 449. The predicted molar refractivity (Wildman–Crippen MR) is 84.7 cm³/mol. The summed E-state index contributed by atoms with van der Waals surface area (Å²) < 4.78 is 0. The second-order valence-electron chi connectivity index (χ2n) is 4.90. The van der Waals surface area contributed by atoms with Gasteiger partial charge in [0.2, 0.25) is 0 Å². The summed E-state index contributed by atoms with van der Waals surface area (Å²) in [5.74, 6) is 0. The molecule has 0 spiro atoms. The molecule has 5 nitrogen and oxygen atoms in total. The van der Waals surface area contributed by atoms with Gasteiger partial charge in [0, 0.05) is 19.1 Å². The summed E-state index contributed by atoms with van der Waals surface area (Å²) >= 11 is 0. The predicted octanol–water partition coefficient (Wildman–Crippen LogP) is 4.04. The van der Waals surface area contributed by atoms with Gasteiger partial charge < -0.3 is 10.2 Å². The maximum Gasteiger partial charge on any atom is 0.315 e. The Kier molecular flexibility index (Phi) is 6.28. The maximum absolute atomic E-state index is 11.5. The highest BCUT2D eigenvalue weighted by Gasteiger charge is 2.25. The number of nitrogens with one attached hydrogen (secondary N) is 1. The van der Waals surface area contributed by atoms with Crippen molar-refractivity contribution in [1.82, 2.24) is 0 Å². The molecule has 1 aromatic carbocycles. The lowest BCUT2D eigenvalue weighted by Crippen LogP contribution is -2.32. The first-order valence-electron chi connectivity index (χ1n) is 7.34. The minimum atomic E-state index is -0.279. The van der Waals surface area contributed by atoms with E-state index in [4.69, 9.17) is 0 Å². The summed E-state index contributed by atoms with van der Waals surface area (Å²) in [6.45, 7) is 9.76. The van der Waals surface area contributed by atoms with Gasteiger partial charge in [-0.05, 0) is 38.8 Å². The minimum Gasteiger partial charge on any atom is -0.379 e. The zero-order valence-electron chi connectivity index (χ0n) is 12.8. The van der Waals surface area contributed by atoms with Crippen molar-refractivity contribution in [3.05, 3.63) is 28.3 Å². The van der Waals surface area contributed by atoms with Crippen molar-refractivity contribution in [2.24, 2.45) is 0 Å². The molecule has 1 N–H and O–H groups in total. The Morgan fingerprint density at radius 3 is 2.55 bits per heavy atom. The van der Waals surface area contributed by atoms with Gasteiger partial charge in [0.25, 0.3) is 0 Å². The van der Waals surface area contributed by atoms with Crippen LogP contribution in [0.4, 0.5) is 17.1 Å². The lowest BCUT2D eigenvalue weighted by molar-refractivity contribution is -0.383. The molecule has 1 rings (SSSR count). The Labute approximate surface area is 121 Å². The average Bonchev–Trinajstić information content (AvgIpc) is 2.45. The number of para-hydroxylation sites is 1. The van der Waals surface area contributed by atoms with Crippen molar-refractivity contribution in [3.63, 3.8) is 0 Å². The van der Waals surface area contributed by atoms with E-state index < -0.39 is 0 Å². The summed E-state index contributed by atoms with van der Waals surface area (Å²) in [7, 11) is 0. The molecule has 0 amide bonds. The van der Waals surface area contributed by atoms with E-state index in [1.165, 1.54) is 0 Å². The molecule has 1 unspecified atom stereocenters. The van der Waals surface area contributed by atoms with Gasteiger partial charge in [-0.2, -0.15) is 0 Å². The van der Waals surface area contributed by atoms with Crippen molar-refractivity contribution in [2.75, 3.05) is 23.3 Å². The zero-order chi connectivity index (χ0) is 15.1. The third-order valence-electron chi connectivity index (χ3n) is 3.54. The van der Waals surface area contributed by atoms with Crippen LogP contribution in [-0.2, 0) is 0 Å². The molecule has 0 radical (unpaired) electrons. The molecule has 1 aromatic rings. The molecule has 5 heteroatoms. The molecule has 112 valence electrons. The van der Waals surface area contributed by atoms with Crippen molar-refractivity contribution in [2.45, 2.75) is 46.6 Å². The van der Waals surface area contributed by atoms with Crippen molar-refractivity contribution < 1.29 is 4.92 Å². The monoisotopic (exact) mass is 279 g/mol. The summed E-state index contributed by atoms with van der Waals surface area (Å²) in [6, 6.07) is 5.78. The van der Waals surface area contributed by atoms with Crippen LogP contribution in [0.3, 0.4) is 0 Å². The number of hydrogen-bond acceptors (Lipinski definition) is 4. The average molecular weight is 279 g/mol. The largest absolute Gasteiger partial charge is 0.379 e. The number of benzene rings is 1. The second kappa shape index (κ2) is 7.72. The van der Waals surface area contributed by atoms with E-state index in [0.29, 0.717) is 11.4 Å². The molecule has 0 saturated carbocycles. The smallest absolute Gasteiger partial charge is 0.315 e. The summed E-state index contributed by atoms with van der Waals surface area (Å²) in [5, 5.41) is 14.6. The molecule has 0 fully saturated rings. The Hall–Kier alpha value is -1.78. The topological polar surface area (TPSA) is 58.4 Å². The van der Waals surface area contributed by atoms with Gasteiger partial charge >= 0.3 is 5.69 Å². The van der Waals surface area contributed by atoms with Crippen LogP contribution < -0.4 is 10.2 Å². The van der Waals surface area contributed by atoms with Gasteiger partial charge in [0.1, 0.15) is 11.4 Å². The zero-order valence-corrected chi connectivity index (χ0v) is 12.8. The lowest BCUT2D eigenvalue weighted by atomic mass is 10.1. The molecule has 0 aromatic heterocycles. The SMILES string of the molecule is CCCNc1cccc(N(CC)C(C)CC)c1[N+](=O)[O-]. The molecule has 1 atom stereocenters. The number of nitro groups is 1. The Morgan fingerprint density at radius 2 is 2.05 bits per heavy atom. The van der Waals surface area contributed by atoms with Crippen molar-refractivity contribution >= 4 is 17.1 Å². The summed E-state index contributed by atoms with van der Waals surface area (Å²) in [6.07, 6.45) is 1.89. The normalized spacial score (nSPS) is 12.0. The fraction of sp³-hybridized carbons (Fsp3) is 0.600. The molecular formula is C15H25N3O2. The van der Waals surface area contributed by atoms with E-state index in [9.17, 15) is 10.1 Å². The number of nitro benzene ring substituents is 1. The van der Waals surface area contributed by atoms with Crippen LogP contribution in [0.25, 0.3) is 0 Å². The van der Waals surface area contributed by atoms with Gasteiger partial charge in [-0.1, -0.05) is 19.9 Å². The first-order valence-corrected chi connectivity index (χ1v) is 7.34. The van der Waals surface area contributed by atoms with Crippen LogP contribution in [0.5, 0.6) is 0 Å². The number of nitrogens with zero attached hydrogens (tertiary/aromatic N) is 2. The van der Waals surface area contributed by atoms with Gasteiger partial charge in [0.05, 0.1) is 4.92 Å². The van der Waals surface area contributed by atoms with Crippen LogP contribution in [0, 0.1) is 10.1 Å². The third kappa shape index (κ3) is 3.62. The molecular weight excluding hydrogens is 254 g/mol.